The highest BCUT2D eigenvalue weighted by Gasteiger charge is 2.22. The Hall–Kier alpha value is -1.58. The van der Waals surface area contributed by atoms with Gasteiger partial charge in [-0.2, -0.15) is 0 Å². The molecule has 4 heteroatoms. The van der Waals surface area contributed by atoms with Gasteiger partial charge in [-0.05, 0) is 12.5 Å². The van der Waals surface area contributed by atoms with E-state index in [9.17, 15) is 9.59 Å². The standard InChI is InChI=1S/C9H12O4/c1-3-6(4-2)7(9(12)13)5-8(10)11/h3-4,7H,1,5H2,2H3,(H,10,11)(H,12,13). The monoisotopic (exact) mass is 184 g/mol. The summed E-state index contributed by atoms with van der Waals surface area (Å²) in [6.45, 7) is 5.07. The van der Waals surface area contributed by atoms with E-state index in [-0.39, 0.29) is 0 Å². The molecule has 0 fully saturated rings. The molecule has 0 saturated heterocycles. The van der Waals surface area contributed by atoms with E-state index >= 15 is 0 Å². The maximum atomic E-state index is 10.6. The summed E-state index contributed by atoms with van der Waals surface area (Å²) in [7, 11) is 0. The number of carboxylic acids is 2. The van der Waals surface area contributed by atoms with Crippen LogP contribution in [0.1, 0.15) is 13.3 Å². The molecule has 0 aliphatic heterocycles. The van der Waals surface area contributed by atoms with E-state index in [2.05, 4.69) is 6.58 Å². The third kappa shape index (κ3) is 3.55. The molecule has 0 aromatic rings. The zero-order valence-corrected chi connectivity index (χ0v) is 7.36. The molecule has 0 aromatic heterocycles. The number of aliphatic carboxylic acids is 2. The Bertz CT molecular complexity index is 252. The summed E-state index contributed by atoms with van der Waals surface area (Å²) in [5.41, 5.74) is 0.426. The Morgan fingerprint density at radius 1 is 1.46 bits per heavy atom. The Morgan fingerprint density at radius 2 is 2.00 bits per heavy atom. The van der Waals surface area contributed by atoms with Crippen LogP contribution in [0.4, 0.5) is 0 Å². The number of carboxylic acid groups (broad SMARTS) is 2. The van der Waals surface area contributed by atoms with Crippen LogP contribution in [0, 0.1) is 5.92 Å². The molecule has 4 nitrogen and oxygen atoms in total. The molecule has 2 N–H and O–H groups in total. The minimum atomic E-state index is -1.14. The first kappa shape index (κ1) is 11.4. The highest BCUT2D eigenvalue weighted by molar-refractivity contribution is 5.81. The average molecular weight is 184 g/mol. The van der Waals surface area contributed by atoms with Crippen molar-refractivity contribution in [2.75, 3.05) is 0 Å². The fourth-order valence-corrected chi connectivity index (χ4v) is 0.984. The SMILES string of the molecule is C=CC(=CC)C(CC(=O)O)C(=O)O. The predicted octanol–water partition coefficient (Wildman–Crippen LogP) is 1.29. The molecule has 0 aromatic carbocycles. The highest BCUT2D eigenvalue weighted by atomic mass is 16.4. The fraction of sp³-hybridized carbons (Fsp3) is 0.333. The van der Waals surface area contributed by atoms with Crippen LogP contribution in [-0.2, 0) is 9.59 Å². The first-order valence-corrected chi connectivity index (χ1v) is 3.76. The molecule has 0 amide bonds. The molecule has 0 heterocycles. The van der Waals surface area contributed by atoms with Crippen molar-refractivity contribution in [2.45, 2.75) is 13.3 Å². The maximum Gasteiger partial charge on any atom is 0.311 e. The normalized spacial score (nSPS) is 13.5. The van der Waals surface area contributed by atoms with E-state index in [1.807, 2.05) is 0 Å². The molecule has 0 saturated carbocycles. The van der Waals surface area contributed by atoms with Crippen molar-refractivity contribution in [2.24, 2.45) is 5.92 Å². The molecule has 0 aliphatic carbocycles. The Kier molecular flexibility index (Phi) is 4.51. The maximum absolute atomic E-state index is 10.6. The number of hydrogen-bond acceptors (Lipinski definition) is 2. The lowest BCUT2D eigenvalue weighted by Crippen LogP contribution is -2.19. The molecule has 0 spiro atoms. The lowest BCUT2D eigenvalue weighted by molar-refractivity contribution is -0.146. The summed E-state index contributed by atoms with van der Waals surface area (Å²) in [6, 6.07) is 0. The Labute approximate surface area is 76.2 Å². The topological polar surface area (TPSA) is 74.6 Å². The van der Waals surface area contributed by atoms with Gasteiger partial charge in [0.1, 0.15) is 0 Å². The number of allylic oxidation sites excluding steroid dienone is 2. The van der Waals surface area contributed by atoms with Crippen LogP contribution in [0.15, 0.2) is 24.3 Å². The first-order valence-electron chi connectivity index (χ1n) is 3.76. The van der Waals surface area contributed by atoms with E-state index in [1.165, 1.54) is 6.08 Å². The van der Waals surface area contributed by atoms with Crippen molar-refractivity contribution in [3.63, 3.8) is 0 Å². The van der Waals surface area contributed by atoms with Gasteiger partial charge in [0.2, 0.25) is 0 Å². The van der Waals surface area contributed by atoms with Crippen LogP contribution >= 0.6 is 0 Å². The second kappa shape index (κ2) is 5.13. The quantitative estimate of drug-likeness (QED) is 0.631. The number of carbonyl (C=O) groups is 2. The summed E-state index contributed by atoms with van der Waals surface area (Å²) in [5, 5.41) is 17.2. The van der Waals surface area contributed by atoms with E-state index in [0.29, 0.717) is 5.57 Å². The van der Waals surface area contributed by atoms with Crippen molar-refractivity contribution < 1.29 is 19.8 Å². The van der Waals surface area contributed by atoms with Gasteiger partial charge in [-0.25, -0.2) is 0 Å². The summed E-state index contributed by atoms with van der Waals surface area (Å²) in [5.74, 6) is -3.27. The minimum absolute atomic E-state index is 0.416. The molecule has 72 valence electrons. The van der Waals surface area contributed by atoms with Gasteiger partial charge in [0, 0.05) is 0 Å². The van der Waals surface area contributed by atoms with E-state index in [0.717, 1.165) is 0 Å². The van der Waals surface area contributed by atoms with Crippen LogP contribution in [0.5, 0.6) is 0 Å². The molecular formula is C9H12O4. The molecular weight excluding hydrogens is 172 g/mol. The van der Waals surface area contributed by atoms with Crippen molar-refractivity contribution in [3.8, 4) is 0 Å². The number of rotatable bonds is 5. The summed E-state index contributed by atoms with van der Waals surface area (Å²) in [4.78, 5) is 21.0. The van der Waals surface area contributed by atoms with Gasteiger partial charge in [-0.3, -0.25) is 9.59 Å². The highest BCUT2D eigenvalue weighted by Crippen LogP contribution is 2.16. The molecule has 0 bridgehead atoms. The van der Waals surface area contributed by atoms with Gasteiger partial charge < -0.3 is 10.2 Å². The van der Waals surface area contributed by atoms with Gasteiger partial charge in [0.25, 0.3) is 0 Å². The van der Waals surface area contributed by atoms with Crippen molar-refractivity contribution in [1.29, 1.82) is 0 Å². The molecule has 0 rings (SSSR count). The fourth-order valence-electron chi connectivity index (χ4n) is 0.984. The largest absolute Gasteiger partial charge is 0.481 e. The van der Waals surface area contributed by atoms with Crippen LogP contribution in [-0.4, -0.2) is 22.2 Å². The van der Waals surface area contributed by atoms with Gasteiger partial charge in [0.15, 0.2) is 0 Å². The summed E-state index contributed by atoms with van der Waals surface area (Å²) < 4.78 is 0. The third-order valence-electron chi connectivity index (χ3n) is 1.65. The second-order valence-corrected chi connectivity index (χ2v) is 2.48. The lowest BCUT2D eigenvalue weighted by Gasteiger charge is -2.09. The molecule has 1 unspecified atom stereocenters. The van der Waals surface area contributed by atoms with Crippen LogP contribution in [0.2, 0.25) is 0 Å². The molecule has 0 radical (unpaired) electrons. The van der Waals surface area contributed by atoms with Gasteiger partial charge in [-0.1, -0.05) is 18.7 Å². The van der Waals surface area contributed by atoms with Crippen molar-refractivity contribution in [1.82, 2.24) is 0 Å². The second-order valence-electron chi connectivity index (χ2n) is 2.48. The van der Waals surface area contributed by atoms with Gasteiger partial charge in [-0.15, -0.1) is 0 Å². The van der Waals surface area contributed by atoms with Gasteiger partial charge >= 0.3 is 11.9 Å². The van der Waals surface area contributed by atoms with E-state index in [4.69, 9.17) is 10.2 Å². The van der Waals surface area contributed by atoms with Gasteiger partial charge in [0.05, 0.1) is 12.3 Å². The summed E-state index contributed by atoms with van der Waals surface area (Å²) in [6.07, 6.45) is 2.50. The zero-order valence-electron chi connectivity index (χ0n) is 7.36. The Balaban J connectivity index is 4.69. The third-order valence-corrected chi connectivity index (χ3v) is 1.65. The van der Waals surface area contributed by atoms with E-state index in [1.54, 1.807) is 13.0 Å². The van der Waals surface area contributed by atoms with Crippen LogP contribution in [0.3, 0.4) is 0 Å². The minimum Gasteiger partial charge on any atom is -0.481 e. The molecule has 1 atom stereocenters. The van der Waals surface area contributed by atoms with Crippen molar-refractivity contribution >= 4 is 11.9 Å². The molecule has 0 aliphatic rings. The van der Waals surface area contributed by atoms with Crippen LogP contribution < -0.4 is 0 Å². The summed E-state index contributed by atoms with van der Waals surface area (Å²) >= 11 is 0. The Morgan fingerprint density at radius 3 is 2.23 bits per heavy atom. The average Bonchev–Trinajstić information content (AvgIpc) is 2.04. The smallest absolute Gasteiger partial charge is 0.311 e. The predicted molar refractivity (Wildman–Crippen MR) is 47.3 cm³/mol. The molecule has 13 heavy (non-hydrogen) atoms. The van der Waals surface area contributed by atoms with Crippen LogP contribution in [0.25, 0.3) is 0 Å². The van der Waals surface area contributed by atoms with Crippen molar-refractivity contribution in [3.05, 3.63) is 24.3 Å². The zero-order chi connectivity index (χ0) is 10.4. The number of hydrogen-bond donors (Lipinski definition) is 2. The van der Waals surface area contributed by atoms with E-state index < -0.39 is 24.3 Å². The lowest BCUT2D eigenvalue weighted by atomic mass is 9.95. The first-order chi connectivity index (χ1) is 6.02.